The molecule has 18 heavy (non-hydrogen) atoms. The molecule has 2 atom stereocenters. The van der Waals surface area contributed by atoms with E-state index in [1.165, 1.54) is 19.4 Å². The van der Waals surface area contributed by atoms with Crippen LogP contribution in [0.5, 0.6) is 0 Å². The minimum Gasteiger partial charge on any atom is -0.381 e. The summed E-state index contributed by atoms with van der Waals surface area (Å²) in [6, 6.07) is 1.38. The van der Waals surface area contributed by atoms with Crippen LogP contribution in [0.15, 0.2) is 0 Å². The van der Waals surface area contributed by atoms with Gasteiger partial charge >= 0.3 is 0 Å². The monoisotopic (exact) mass is 254 g/mol. The first-order valence-electron chi connectivity index (χ1n) is 7.47. The van der Waals surface area contributed by atoms with E-state index in [-0.39, 0.29) is 5.60 Å². The smallest absolute Gasteiger partial charge is 0.0741 e. The molecule has 1 N–H and O–H groups in total. The van der Waals surface area contributed by atoms with Crippen LogP contribution in [0.25, 0.3) is 0 Å². The zero-order valence-corrected chi connectivity index (χ0v) is 11.5. The zero-order chi connectivity index (χ0) is 12.4. The van der Waals surface area contributed by atoms with E-state index in [4.69, 9.17) is 9.47 Å². The number of hydrogen-bond donors (Lipinski definition) is 1. The van der Waals surface area contributed by atoms with Crippen LogP contribution in [0, 0.1) is 0 Å². The highest BCUT2D eigenvalue weighted by molar-refractivity contribution is 4.94. The van der Waals surface area contributed by atoms with E-state index >= 15 is 0 Å². The van der Waals surface area contributed by atoms with E-state index in [1.807, 2.05) is 0 Å². The van der Waals surface area contributed by atoms with Crippen molar-refractivity contribution in [1.82, 2.24) is 10.2 Å². The lowest BCUT2D eigenvalue weighted by molar-refractivity contribution is -0.154. The van der Waals surface area contributed by atoms with Gasteiger partial charge in [-0.3, -0.25) is 4.90 Å². The third-order valence-corrected chi connectivity index (χ3v) is 4.89. The molecule has 0 aromatic heterocycles. The van der Waals surface area contributed by atoms with Gasteiger partial charge in [0.2, 0.25) is 0 Å². The summed E-state index contributed by atoms with van der Waals surface area (Å²) in [6.45, 7) is 8.50. The summed E-state index contributed by atoms with van der Waals surface area (Å²) in [7, 11) is 0. The van der Waals surface area contributed by atoms with Gasteiger partial charge in [0.05, 0.1) is 5.60 Å². The minimum absolute atomic E-state index is 0.131. The van der Waals surface area contributed by atoms with Crippen LogP contribution in [-0.2, 0) is 9.47 Å². The van der Waals surface area contributed by atoms with E-state index in [1.54, 1.807) is 0 Å². The van der Waals surface area contributed by atoms with Crippen molar-refractivity contribution < 1.29 is 9.47 Å². The maximum absolute atomic E-state index is 6.14. The van der Waals surface area contributed by atoms with Gasteiger partial charge in [-0.25, -0.2) is 0 Å². The van der Waals surface area contributed by atoms with Gasteiger partial charge in [-0.15, -0.1) is 0 Å². The highest BCUT2D eigenvalue weighted by Crippen LogP contribution is 2.36. The molecule has 3 saturated heterocycles. The first kappa shape index (κ1) is 12.9. The second-order valence-corrected chi connectivity index (χ2v) is 6.08. The van der Waals surface area contributed by atoms with Crippen LogP contribution < -0.4 is 5.32 Å². The zero-order valence-electron chi connectivity index (χ0n) is 11.5. The fourth-order valence-electron chi connectivity index (χ4n) is 3.78. The Labute approximate surface area is 110 Å². The van der Waals surface area contributed by atoms with E-state index in [0.717, 1.165) is 45.8 Å². The summed E-state index contributed by atoms with van der Waals surface area (Å²) in [4.78, 5) is 2.70. The summed E-state index contributed by atoms with van der Waals surface area (Å²) in [5.74, 6) is 0. The van der Waals surface area contributed by atoms with E-state index < -0.39 is 0 Å². The highest BCUT2D eigenvalue weighted by Gasteiger charge is 2.41. The number of nitrogens with one attached hydrogen (secondary N) is 1. The standard InChI is InChI=1S/C14H26N2O2/c1-12-11-15-5-6-16(12)13-2-7-18-14(10-13)3-8-17-9-4-14/h12-13,15H,2-11H2,1H3/t12-,13?/m0/s1. The van der Waals surface area contributed by atoms with Crippen molar-refractivity contribution in [2.75, 3.05) is 39.5 Å². The average molecular weight is 254 g/mol. The van der Waals surface area contributed by atoms with Crippen molar-refractivity contribution >= 4 is 0 Å². The Morgan fingerprint density at radius 1 is 1.22 bits per heavy atom. The Morgan fingerprint density at radius 3 is 2.83 bits per heavy atom. The molecule has 0 saturated carbocycles. The molecular weight excluding hydrogens is 228 g/mol. The lowest BCUT2D eigenvalue weighted by Gasteiger charge is -2.49. The summed E-state index contributed by atoms with van der Waals surface area (Å²) in [5.41, 5.74) is 0.131. The van der Waals surface area contributed by atoms with E-state index in [0.29, 0.717) is 12.1 Å². The van der Waals surface area contributed by atoms with Gasteiger partial charge in [0.25, 0.3) is 0 Å². The maximum atomic E-state index is 6.14. The Morgan fingerprint density at radius 2 is 2.06 bits per heavy atom. The summed E-state index contributed by atoms with van der Waals surface area (Å²) in [6.07, 6.45) is 4.58. The molecule has 104 valence electrons. The first-order valence-corrected chi connectivity index (χ1v) is 7.47. The second-order valence-electron chi connectivity index (χ2n) is 6.08. The van der Waals surface area contributed by atoms with Gasteiger partial charge in [-0.05, 0) is 32.6 Å². The van der Waals surface area contributed by atoms with E-state index in [9.17, 15) is 0 Å². The van der Waals surface area contributed by atoms with Gasteiger partial charge in [-0.2, -0.15) is 0 Å². The lowest BCUT2D eigenvalue weighted by Crippen LogP contribution is -2.58. The molecule has 1 unspecified atom stereocenters. The van der Waals surface area contributed by atoms with Crippen LogP contribution in [0.3, 0.4) is 0 Å². The molecule has 1 spiro atoms. The summed E-state index contributed by atoms with van der Waals surface area (Å²) in [5, 5.41) is 3.48. The van der Waals surface area contributed by atoms with Gasteiger partial charge < -0.3 is 14.8 Å². The van der Waals surface area contributed by atoms with Crippen molar-refractivity contribution in [3.63, 3.8) is 0 Å². The largest absolute Gasteiger partial charge is 0.381 e. The highest BCUT2D eigenvalue weighted by atomic mass is 16.5. The molecule has 3 heterocycles. The van der Waals surface area contributed by atoms with Crippen molar-refractivity contribution in [3.05, 3.63) is 0 Å². The number of ether oxygens (including phenoxy) is 2. The molecule has 4 nitrogen and oxygen atoms in total. The van der Waals surface area contributed by atoms with Gasteiger partial charge in [0.1, 0.15) is 0 Å². The molecule has 3 rings (SSSR count). The molecule has 0 bridgehead atoms. The molecule has 4 heteroatoms. The predicted octanol–water partition coefficient (Wildman–Crippen LogP) is 1.01. The molecule has 0 aromatic carbocycles. The van der Waals surface area contributed by atoms with E-state index in [2.05, 4.69) is 17.1 Å². The Bertz CT molecular complexity index is 273. The Balaban J connectivity index is 1.65. The topological polar surface area (TPSA) is 33.7 Å². The molecule has 0 aliphatic carbocycles. The molecule has 0 amide bonds. The third-order valence-electron chi connectivity index (χ3n) is 4.89. The van der Waals surface area contributed by atoms with Crippen LogP contribution in [-0.4, -0.2) is 62.0 Å². The molecule has 3 aliphatic rings. The minimum atomic E-state index is 0.131. The SMILES string of the molecule is C[C@H]1CNCCN1C1CCOC2(CCOCC2)C1. The predicted molar refractivity (Wildman–Crippen MR) is 70.8 cm³/mol. The van der Waals surface area contributed by atoms with Crippen LogP contribution in [0.1, 0.15) is 32.6 Å². The normalized spacial score (nSPS) is 37.8. The number of nitrogens with zero attached hydrogens (tertiary/aromatic N) is 1. The Hall–Kier alpha value is -0.160. The molecular formula is C14H26N2O2. The number of hydrogen-bond acceptors (Lipinski definition) is 4. The van der Waals surface area contributed by atoms with Gasteiger partial charge in [0.15, 0.2) is 0 Å². The lowest BCUT2D eigenvalue weighted by atomic mass is 9.83. The van der Waals surface area contributed by atoms with Crippen molar-refractivity contribution in [2.24, 2.45) is 0 Å². The van der Waals surface area contributed by atoms with Crippen LogP contribution >= 0.6 is 0 Å². The quantitative estimate of drug-likeness (QED) is 0.757. The van der Waals surface area contributed by atoms with Crippen LogP contribution in [0.2, 0.25) is 0 Å². The van der Waals surface area contributed by atoms with Crippen molar-refractivity contribution in [2.45, 2.75) is 50.3 Å². The molecule has 3 fully saturated rings. The fourth-order valence-corrected chi connectivity index (χ4v) is 3.78. The van der Waals surface area contributed by atoms with Crippen molar-refractivity contribution in [3.8, 4) is 0 Å². The third kappa shape index (κ3) is 2.57. The molecule has 0 radical (unpaired) electrons. The summed E-state index contributed by atoms with van der Waals surface area (Å²) >= 11 is 0. The molecule has 3 aliphatic heterocycles. The molecule has 0 aromatic rings. The number of rotatable bonds is 1. The van der Waals surface area contributed by atoms with Crippen molar-refractivity contribution in [1.29, 1.82) is 0 Å². The maximum Gasteiger partial charge on any atom is 0.0741 e. The number of piperazine rings is 1. The van der Waals surface area contributed by atoms with Crippen LogP contribution in [0.4, 0.5) is 0 Å². The summed E-state index contributed by atoms with van der Waals surface area (Å²) < 4.78 is 11.6. The second kappa shape index (κ2) is 5.45. The fraction of sp³-hybridized carbons (Fsp3) is 1.00. The Kier molecular flexibility index (Phi) is 3.89. The average Bonchev–Trinajstić information content (AvgIpc) is 2.40. The van der Waals surface area contributed by atoms with Gasteiger partial charge in [-0.1, -0.05) is 0 Å². The van der Waals surface area contributed by atoms with Gasteiger partial charge in [0, 0.05) is 51.5 Å². The first-order chi connectivity index (χ1) is 8.79.